The lowest BCUT2D eigenvalue weighted by atomic mass is 10.1. The van der Waals surface area contributed by atoms with Gasteiger partial charge in [-0.3, -0.25) is 0 Å². The second kappa shape index (κ2) is 6.98. The van der Waals surface area contributed by atoms with Gasteiger partial charge in [-0.1, -0.05) is 17.7 Å². The van der Waals surface area contributed by atoms with Crippen molar-refractivity contribution in [2.24, 2.45) is 0 Å². The Labute approximate surface area is 121 Å². The number of hydrogen-bond acceptors (Lipinski definition) is 3. The van der Waals surface area contributed by atoms with Gasteiger partial charge < -0.3 is 5.32 Å². The van der Waals surface area contributed by atoms with Crippen LogP contribution in [0.1, 0.15) is 22.7 Å². The number of rotatable bonds is 6. The van der Waals surface area contributed by atoms with Crippen LogP contribution in [-0.4, -0.2) is 11.5 Å². The Bertz CT molecular complexity index is 522. The maximum absolute atomic E-state index is 13.5. The molecule has 102 valence electrons. The third-order valence-electron chi connectivity index (χ3n) is 2.78. The number of halogens is 2. The molecule has 0 bridgehead atoms. The first kappa shape index (κ1) is 14.4. The summed E-state index contributed by atoms with van der Waals surface area (Å²) in [7, 11) is 0. The minimum absolute atomic E-state index is 0.219. The fraction of sp³-hybridized carbons (Fsp3) is 0.357. The molecular weight excluding hydrogens is 283 g/mol. The number of aryl methyl sites for hydroxylation is 1. The lowest BCUT2D eigenvalue weighted by Crippen LogP contribution is -2.15. The van der Waals surface area contributed by atoms with Gasteiger partial charge in [-0.2, -0.15) is 0 Å². The summed E-state index contributed by atoms with van der Waals surface area (Å²) in [5.41, 5.74) is 1.66. The smallest absolute Gasteiger partial charge is 0.127 e. The molecule has 0 saturated carbocycles. The van der Waals surface area contributed by atoms with E-state index in [4.69, 9.17) is 11.6 Å². The van der Waals surface area contributed by atoms with Crippen molar-refractivity contribution in [1.82, 2.24) is 10.3 Å². The molecule has 0 radical (unpaired) electrons. The number of aromatic nitrogens is 1. The van der Waals surface area contributed by atoms with Crippen LogP contribution in [0.25, 0.3) is 0 Å². The normalized spacial score (nSPS) is 10.9. The highest BCUT2D eigenvalue weighted by atomic mass is 35.5. The number of nitrogens with zero attached hydrogens (tertiary/aromatic N) is 1. The summed E-state index contributed by atoms with van der Waals surface area (Å²) >= 11 is 7.63. The Hall–Kier alpha value is -0.970. The monoisotopic (exact) mass is 298 g/mol. The zero-order chi connectivity index (χ0) is 13.7. The maximum atomic E-state index is 13.5. The molecular formula is C14H16ClFN2S. The molecule has 0 saturated heterocycles. The molecule has 2 nitrogen and oxygen atoms in total. The molecule has 2 rings (SSSR count). The van der Waals surface area contributed by atoms with E-state index < -0.39 is 0 Å². The Kier molecular flexibility index (Phi) is 5.31. The van der Waals surface area contributed by atoms with Gasteiger partial charge in [-0.25, -0.2) is 9.37 Å². The molecule has 1 aromatic heterocycles. The molecule has 0 aliphatic rings. The second-order valence-corrected chi connectivity index (χ2v) is 5.71. The topological polar surface area (TPSA) is 24.9 Å². The Morgan fingerprint density at radius 2 is 2.26 bits per heavy atom. The van der Waals surface area contributed by atoms with Crippen LogP contribution in [0, 0.1) is 12.7 Å². The van der Waals surface area contributed by atoms with Gasteiger partial charge in [-0.05, 0) is 38.4 Å². The van der Waals surface area contributed by atoms with E-state index in [0.29, 0.717) is 17.0 Å². The van der Waals surface area contributed by atoms with E-state index in [9.17, 15) is 4.39 Å². The Balaban J connectivity index is 1.72. The van der Waals surface area contributed by atoms with Gasteiger partial charge in [0, 0.05) is 28.2 Å². The third-order valence-corrected chi connectivity index (χ3v) is 4.11. The molecule has 1 heterocycles. The predicted octanol–water partition coefficient (Wildman–Crippen LogP) is 3.97. The first-order valence-electron chi connectivity index (χ1n) is 6.21. The summed E-state index contributed by atoms with van der Waals surface area (Å²) in [5.74, 6) is -0.219. The molecule has 2 aromatic rings. The highest BCUT2D eigenvalue weighted by molar-refractivity contribution is 7.09. The molecule has 0 aliphatic heterocycles. The van der Waals surface area contributed by atoms with Crippen molar-refractivity contribution in [2.75, 3.05) is 6.54 Å². The Morgan fingerprint density at radius 1 is 1.42 bits per heavy atom. The lowest BCUT2D eigenvalue weighted by Gasteiger charge is -2.06. The van der Waals surface area contributed by atoms with E-state index in [2.05, 4.69) is 10.3 Å². The van der Waals surface area contributed by atoms with Crippen LogP contribution < -0.4 is 5.32 Å². The zero-order valence-electron chi connectivity index (χ0n) is 10.7. The average Bonchev–Trinajstić information content (AvgIpc) is 2.78. The molecule has 5 heteroatoms. The van der Waals surface area contributed by atoms with Crippen LogP contribution in [0.2, 0.25) is 5.02 Å². The lowest BCUT2D eigenvalue weighted by molar-refractivity contribution is 0.592. The molecule has 1 aromatic carbocycles. The molecule has 0 unspecified atom stereocenters. The fourth-order valence-electron chi connectivity index (χ4n) is 1.84. The van der Waals surface area contributed by atoms with Crippen LogP contribution >= 0.6 is 22.9 Å². The second-order valence-electron chi connectivity index (χ2n) is 4.36. The van der Waals surface area contributed by atoms with E-state index in [1.165, 1.54) is 6.07 Å². The van der Waals surface area contributed by atoms with Crippen LogP contribution in [0.5, 0.6) is 0 Å². The van der Waals surface area contributed by atoms with Crippen molar-refractivity contribution in [3.63, 3.8) is 0 Å². The maximum Gasteiger partial charge on any atom is 0.127 e. The van der Waals surface area contributed by atoms with E-state index in [1.807, 2.05) is 12.3 Å². The third kappa shape index (κ3) is 4.27. The number of nitrogens with one attached hydrogen (secondary N) is 1. The average molecular weight is 299 g/mol. The summed E-state index contributed by atoms with van der Waals surface area (Å²) < 4.78 is 13.5. The zero-order valence-corrected chi connectivity index (χ0v) is 12.3. The molecule has 0 atom stereocenters. The SMILES string of the molecule is Cc1csc(CNCCCc2c(F)cccc2Cl)n1. The predicted molar refractivity (Wildman–Crippen MR) is 78.3 cm³/mol. The van der Waals surface area contributed by atoms with E-state index in [-0.39, 0.29) is 5.82 Å². The highest BCUT2D eigenvalue weighted by Crippen LogP contribution is 2.20. The molecule has 0 aliphatic carbocycles. The van der Waals surface area contributed by atoms with Gasteiger partial charge in [0.15, 0.2) is 0 Å². The van der Waals surface area contributed by atoms with Gasteiger partial charge in [0.25, 0.3) is 0 Å². The summed E-state index contributed by atoms with van der Waals surface area (Å²) in [6.45, 7) is 3.58. The van der Waals surface area contributed by atoms with Crippen molar-refractivity contribution >= 4 is 22.9 Å². The largest absolute Gasteiger partial charge is 0.310 e. The van der Waals surface area contributed by atoms with Crippen LogP contribution in [0.4, 0.5) is 4.39 Å². The van der Waals surface area contributed by atoms with E-state index in [0.717, 1.165) is 30.2 Å². The van der Waals surface area contributed by atoms with Gasteiger partial charge in [0.05, 0.1) is 0 Å². The fourth-order valence-corrected chi connectivity index (χ4v) is 2.84. The van der Waals surface area contributed by atoms with Crippen LogP contribution in [-0.2, 0) is 13.0 Å². The van der Waals surface area contributed by atoms with Crippen molar-refractivity contribution in [3.05, 3.63) is 50.7 Å². The Morgan fingerprint density at radius 3 is 2.95 bits per heavy atom. The van der Waals surface area contributed by atoms with Crippen molar-refractivity contribution < 1.29 is 4.39 Å². The highest BCUT2D eigenvalue weighted by Gasteiger charge is 2.06. The first-order valence-corrected chi connectivity index (χ1v) is 7.47. The summed E-state index contributed by atoms with van der Waals surface area (Å²) in [6.07, 6.45) is 1.50. The first-order chi connectivity index (χ1) is 9.16. The summed E-state index contributed by atoms with van der Waals surface area (Å²) in [5, 5.41) is 6.94. The minimum atomic E-state index is -0.219. The van der Waals surface area contributed by atoms with Crippen molar-refractivity contribution in [3.8, 4) is 0 Å². The number of benzene rings is 1. The van der Waals surface area contributed by atoms with Gasteiger partial charge >= 0.3 is 0 Å². The molecule has 0 spiro atoms. The molecule has 0 fully saturated rings. The van der Waals surface area contributed by atoms with Crippen LogP contribution in [0.3, 0.4) is 0 Å². The van der Waals surface area contributed by atoms with Crippen LogP contribution in [0.15, 0.2) is 23.6 Å². The van der Waals surface area contributed by atoms with Gasteiger partial charge in [-0.15, -0.1) is 11.3 Å². The molecule has 1 N–H and O–H groups in total. The van der Waals surface area contributed by atoms with Gasteiger partial charge in [0.1, 0.15) is 10.8 Å². The minimum Gasteiger partial charge on any atom is -0.310 e. The van der Waals surface area contributed by atoms with Crippen molar-refractivity contribution in [2.45, 2.75) is 26.3 Å². The quantitative estimate of drug-likeness (QED) is 0.816. The van der Waals surface area contributed by atoms with Gasteiger partial charge in [0.2, 0.25) is 0 Å². The summed E-state index contributed by atoms with van der Waals surface area (Å²) in [4.78, 5) is 4.37. The number of thiazole rings is 1. The molecule has 0 amide bonds. The number of hydrogen-bond donors (Lipinski definition) is 1. The van der Waals surface area contributed by atoms with E-state index in [1.54, 1.807) is 23.5 Å². The standard InChI is InChI=1S/C14H16ClFN2S/c1-10-9-19-14(18-10)8-17-7-3-4-11-12(15)5-2-6-13(11)16/h2,5-6,9,17H,3-4,7-8H2,1H3. The summed E-state index contributed by atoms with van der Waals surface area (Å²) in [6, 6.07) is 4.81. The molecule has 19 heavy (non-hydrogen) atoms. The van der Waals surface area contributed by atoms with Crippen molar-refractivity contribution in [1.29, 1.82) is 0 Å². The van der Waals surface area contributed by atoms with E-state index >= 15 is 0 Å².